The van der Waals surface area contributed by atoms with Crippen molar-refractivity contribution in [2.45, 2.75) is 19.8 Å². The summed E-state index contributed by atoms with van der Waals surface area (Å²) >= 11 is 3.37. The first kappa shape index (κ1) is 9.58. The Morgan fingerprint density at radius 1 is 1.67 bits per heavy atom. The predicted octanol–water partition coefficient (Wildman–Crippen LogP) is 2.14. The van der Waals surface area contributed by atoms with Gasteiger partial charge in [0.15, 0.2) is 0 Å². The van der Waals surface area contributed by atoms with Gasteiger partial charge in [-0.05, 0) is 13.3 Å². The molecule has 0 fully saturated rings. The van der Waals surface area contributed by atoms with Crippen molar-refractivity contribution in [1.29, 1.82) is 0 Å². The maximum atomic E-state index is 5.24. The van der Waals surface area contributed by atoms with E-state index in [1.54, 1.807) is 6.20 Å². The van der Waals surface area contributed by atoms with Crippen LogP contribution in [0.4, 0.5) is 0 Å². The molecule has 0 radical (unpaired) electrons. The fourth-order valence-electron chi connectivity index (χ4n) is 0.933. The standard InChI is InChI=1S/C8H13BrN2O/c1-2-12-8-6-10-7(11-8)4-3-5-9/h6H,2-5H2,1H3,(H,10,11). The Kier molecular flexibility index (Phi) is 4.14. The van der Waals surface area contributed by atoms with E-state index in [1.165, 1.54) is 0 Å². The van der Waals surface area contributed by atoms with Crippen LogP contribution in [0.1, 0.15) is 19.2 Å². The van der Waals surface area contributed by atoms with E-state index in [0.29, 0.717) is 6.61 Å². The molecule has 1 heterocycles. The summed E-state index contributed by atoms with van der Waals surface area (Å²) in [7, 11) is 0. The number of aromatic nitrogens is 2. The van der Waals surface area contributed by atoms with Gasteiger partial charge in [0, 0.05) is 11.8 Å². The van der Waals surface area contributed by atoms with E-state index in [2.05, 4.69) is 25.9 Å². The number of rotatable bonds is 5. The molecule has 4 heteroatoms. The molecule has 1 rings (SSSR count). The molecule has 0 bridgehead atoms. The Morgan fingerprint density at radius 2 is 2.50 bits per heavy atom. The molecule has 0 aliphatic rings. The van der Waals surface area contributed by atoms with Crippen molar-refractivity contribution in [1.82, 2.24) is 9.97 Å². The minimum atomic E-state index is 0.681. The lowest BCUT2D eigenvalue weighted by atomic mass is 10.3. The zero-order valence-electron chi connectivity index (χ0n) is 7.14. The SMILES string of the molecule is CCOc1cnc(CCCBr)[nH]1. The Morgan fingerprint density at radius 3 is 3.17 bits per heavy atom. The van der Waals surface area contributed by atoms with Gasteiger partial charge in [-0.15, -0.1) is 0 Å². The van der Waals surface area contributed by atoms with Crippen LogP contribution in [0.15, 0.2) is 6.20 Å². The summed E-state index contributed by atoms with van der Waals surface area (Å²) in [6.45, 7) is 2.64. The quantitative estimate of drug-likeness (QED) is 0.791. The molecule has 3 nitrogen and oxygen atoms in total. The number of alkyl halides is 1. The fourth-order valence-corrected chi connectivity index (χ4v) is 1.21. The molecule has 0 aliphatic heterocycles. The highest BCUT2D eigenvalue weighted by Gasteiger charge is 1.99. The molecule has 0 amide bonds. The van der Waals surface area contributed by atoms with E-state index < -0.39 is 0 Å². The number of aromatic amines is 1. The normalized spacial score (nSPS) is 10.2. The number of nitrogens with one attached hydrogen (secondary N) is 1. The first-order chi connectivity index (χ1) is 5.86. The number of halogens is 1. The van der Waals surface area contributed by atoms with Gasteiger partial charge in [0.05, 0.1) is 12.8 Å². The lowest BCUT2D eigenvalue weighted by molar-refractivity contribution is 0.328. The van der Waals surface area contributed by atoms with Crippen LogP contribution in [-0.2, 0) is 6.42 Å². The molecule has 0 saturated heterocycles. The molecule has 0 aromatic carbocycles. The molecule has 12 heavy (non-hydrogen) atoms. The van der Waals surface area contributed by atoms with Crippen LogP contribution in [-0.4, -0.2) is 21.9 Å². The van der Waals surface area contributed by atoms with Crippen LogP contribution in [0.25, 0.3) is 0 Å². The van der Waals surface area contributed by atoms with E-state index in [1.807, 2.05) is 6.92 Å². The highest BCUT2D eigenvalue weighted by Crippen LogP contribution is 2.07. The summed E-state index contributed by atoms with van der Waals surface area (Å²) in [6.07, 6.45) is 3.80. The third-order valence-electron chi connectivity index (χ3n) is 1.45. The van der Waals surface area contributed by atoms with Gasteiger partial charge in [0.25, 0.3) is 0 Å². The second-order valence-corrected chi connectivity index (χ2v) is 3.21. The van der Waals surface area contributed by atoms with Crippen molar-refractivity contribution in [3.05, 3.63) is 12.0 Å². The first-order valence-electron chi connectivity index (χ1n) is 4.09. The molecule has 0 spiro atoms. The summed E-state index contributed by atoms with van der Waals surface area (Å²) in [5.74, 6) is 1.76. The average Bonchev–Trinajstić information content (AvgIpc) is 2.50. The van der Waals surface area contributed by atoms with E-state index in [0.717, 1.165) is 29.9 Å². The van der Waals surface area contributed by atoms with Crippen LogP contribution in [0, 0.1) is 0 Å². The molecular weight excluding hydrogens is 220 g/mol. The van der Waals surface area contributed by atoms with E-state index >= 15 is 0 Å². The van der Waals surface area contributed by atoms with Crippen molar-refractivity contribution < 1.29 is 4.74 Å². The van der Waals surface area contributed by atoms with Gasteiger partial charge in [-0.3, -0.25) is 0 Å². The van der Waals surface area contributed by atoms with Crippen LogP contribution >= 0.6 is 15.9 Å². The van der Waals surface area contributed by atoms with Gasteiger partial charge in [0.2, 0.25) is 5.88 Å². The third-order valence-corrected chi connectivity index (χ3v) is 2.01. The van der Waals surface area contributed by atoms with Gasteiger partial charge in [-0.1, -0.05) is 15.9 Å². The maximum Gasteiger partial charge on any atom is 0.211 e. The number of nitrogens with zero attached hydrogens (tertiary/aromatic N) is 1. The monoisotopic (exact) mass is 232 g/mol. The summed E-state index contributed by atoms with van der Waals surface area (Å²) < 4.78 is 5.24. The zero-order valence-corrected chi connectivity index (χ0v) is 8.73. The summed E-state index contributed by atoms with van der Waals surface area (Å²) in [5, 5.41) is 1.01. The average molecular weight is 233 g/mol. The maximum absolute atomic E-state index is 5.24. The topological polar surface area (TPSA) is 37.9 Å². The Balaban J connectivity index is 2.41. The predicted molar refractivity (Wildman–Crippen MR) is 51.9 cm³/mol. The Hall–Kier alpha value is -0.510. The number of aryl methyl sites for hydroxylation is 1. The highest BCUT2D eigenvalue weighted by atomic mass is 79.9. The van der Waals surface area contributed by atoms with E-state index in [4.69, 9.17) is 4.74 Å². The lowest BCUT2D eigenvalue weighted by Gasteiger charge is -1.96. The first-order valence-corrected chi connectivity index (χ1v) is 5.21. The Bertz CT molecular complexity index is 225. The van der Waals surface area contributed by atoms with Crippen molar-refractivity contribution in [2.24, 2.45) is 0 Å². The van der Waals surface area contributed by atoms with Crippen LogP contribution in [0.3, 0.4) is 0 Å². The third kappa shape index (κ3) is 2.85. The van der Waals surface area contributed by atoms with Crippen molar-refractivity contribution in [2.75, 3.05) is 11.9 Å². The Labute approximate surface area is 80.7 Å². The largest absolute Gasteiger partial charge is 0.478 e. The van der Waals surface area contributed by atoms with Gasteiger partial charge in [-0.25, -0.2) is 4.98 Å². The van der Waals surface area contributed by atoms with Crippen LogP contribution in [0.2, 0.25) is 0 Å². The van der Waals surface area contributed by atoms with Crippen molar-refractivity contribution in [3.63, 3.8) is 0 Å². The minimum Gasteiger partial charge on any atom is -0.478 e. The molecule has 1 N–H and O–H groups in total. The lowest BCUT2D eigenvalue weighted by Crippen LogP contribution is -1.92. The number of H-pyrrole nitrogens is 1. The number of hydrogen-bond acceptors (Lipinski definition) is 2. The summed E-state index contributed by atoms with van der Waals surface area (Å²) in [5.41, 5.74) is 0. The van der Waals surface area contributed by atoms with Crippen LogP contribution in [0.5, 0.6) is 5.88 Å². The molecule has 1 aromatic rings. The molecule has 0 unspecified atom stereocenters. The smallest absolute Gasteiger partial charge is 0.211 e. The van der Waals surface area contributed by atoms with Gasteiger partial charge < -0.3 is 9.72 Å². The van der Waals surface area contributed by atoms with Gasteiger partial charge in [0.1, 0.15) is 5.82 Å². The minimum absolute atomic E-state index is 0.681. The fraction of sp³-hybridized carbons (Fsp3) is 0.625. The van der Waals surface area contributed by atoms with Crippen molar-refractivity contribution in [3.8, 4) is 5.88 Å². The summed E-state index contributed by atoms with van der Waals surface area (Å²) in [4.78, 5) is 7.27. The number of imidazole rings is 1. The van der Waals surface area contributed by atoms with E-state index in [-0.39, 0.29) is 0 Å². The number of hydrogen-bond donors (Lipinski definition) is 1. The van der Waals surface area contributed by atoms with Gasteiger partial charge >= 0.3 is 0 Å². The molecule has 1 aromatic heterocycles. The van der Waals surface area contributed by atoms with Crippen LogP contribution < -0.4 is 4.74 Å². The van der Waals surface area contributed by atoms with E-state index in [9.17, 15) is 0 Å². The second kappa shape index (κ2) is 5.19. The molecular formula is C8H13BrN2O. The summed E-state index contributed by atoms with van der Waals surface area (Å²) in [6, 6.07) is 0. The number of ether oxygens (including phenoxy) is 1. The van der Waals surface area contributed by atoms with Crippen molar-refractivity contribution >= 4 is 15.9 Å². The molecule has 0 atom stereocenters. The molecule has 0 saturated carbocycles. The molecule has 68 valence electrons. The second-order valence-electron chi connectivity index (χ2n) is 2.42. The molecule has 0 aliphatic carbocycles. The van der Waals surface area contributed by atoms with Gasteiger partial charge in [-0.2, -0.15) is 0 Å². The highest BCUT2D eigenvalue weighted by molar-refractivity contribution is 9.09. The zero-order chi connectivity index (χ0) is 8.81.